The Morgan fingerprint density at radius 1 is 1.24 bits per heavy atom. The molecule has 0 bridgehead atoms. The van der Waals surface area contributed by atoms with Crippen LogP contribution in [0.15, 0.2) is 33.9 Å². The minimum Gasteiger partial charge on any atom is -0.383 e. The van der Waals surface area contributed by atoms with Crippen molar-refractivity contribution in [3.8, 4) is 0 Å². The Hall–Kier alpha value is -3.40. The molecule has 0 atom stereocenters. The molecule has 0 spiro atoms. The Kier molecular flexibility index (Phi) is 8.64. The minimum absolute atomic E-state index is 0.0238. The summed E-state index contributed by atoms with van der Waals surface area (Å²) < 4.78 is 6.37. The number of ether oxygens (including phenoxy) is 1. The second-order valence-corrected chi connectivity index (χ2v) is 8.50. The molecule has 1 aliphatic carbocycles. The fraction of sp³-hybridized carbons (Fsp3) is 0.500. The topological polar surface area (TPSA) is 140 Å². The van der Waals surface area contributed by atoms with Gasteiger partial charge in [-0.2, -0.15) is 0 Å². The summed E-state index contributed by atoms with van der Waals surface area (Å²) in [6, 6.07) is 6.57. The van der Waals surface area contributed by atoms with E-state index in [1.165, 1.54) is 16.6 Å². The van der Waals surface area contributed by atoms with Gasteiger partial charge in [0, 0.05) is 37.4 Å². The fourth-order valence-corrected chi connectivity index (χ4v) is 4.28. The highest BCUT2D eigenvalue weighted by atomic mass is 16.5. The number of hydrogen-bond donors (Lipinski definition) is 3. The molecule has 1 heterocycles. The molecule has 1 aliphatic rings. The second-order valence-electron chi connectivity index (χ2n) is 8.50. The van der Waals surface area contributed by atoms with Gasteiger partial charge in [0.2, 0.25) is 5.91 Å². The molecule has 0 unspecified atom stereocenters. The zero-order chi connectivity index (χ0) is 24.7. The van der Waals surface area contributed by atoms with Crippen LogP contribution in [-0.4, -0.2) is 41.6 Å². The van der Waals surface area contributed by atoms with E-state index in [2.05, 4.69) is 10.3 Å². The number of H-pyrrole nitrogens is 1. The zero-order valence-electron chi connectivity index (χ0n) is 19.8. The van der Waals surface area contributed by atoms with Crippen molar-refractivity contribution in [1.82, 2.24) is 9.55 Å². The quantitative estimate of drug-likeness (QED) is 0.513. The average Bonchev–Trinajstić information content (AvgIpc) is 2.84. The van der Waals surface area contributed by atoms with Gasteiger partial charge in [0.25, 0.3) is 11.5 Å². The number of anilines is 3. The monoisotopic (exact) mass is 471 g/mol. The lowest BCUT2D eigenvalue weighted by Crippen LogP contribution is -2.42. The maximum absolute atomic E-state index is 13.5. The average molecular weight is 472 g/mol. The highest BCUT2D eigenvalue weighted by molar-refractivity contribution is 6.08. The lowest BCUT2D eigenvalue weighted by atomic mass is 9.88. The lowest BCUT2D eigenvalue weighted by molar-refractivity contribution is -0.120. The summed E-state index contributed by atoms with van der Waals surface area (Å²) in [6.45, 7) is 2.36. The van der Waals surface area contributed by atoms with E-state index in [1.807, 2.05) is 6.92 Å². The van der Waals surface area contributed by atoms with Gasteiger partial charge in [0.1, 0.15) is 5.82 Å². The first kappa shape index (κ1) is 25.2. The van der Waals surface area contributed by atoms with Crippen LogP contribution in [0.25, 0.3) is 0 Å². The largest absolute Gasteiger partial charge is 0.383 e. The summed E-state index contributed by atoms with van der Waals surface area (Å²) in [5, 5.41) is 2.91. The molecule has 10 nitrogen and oxygen atoms in total. The molecule has 184 valence electrons. The van der Waals surface area contributed by atoms with Crippen molar-refractivity contribution in [3.05, 3.63) is 50.7 Å². The lowest BCUT2D eigenvalue weighted by Gasteiger charge is -2.24. The number of amides is 2. The number of aromatic amines is 1. The Morgan fingerprint density at radius 3 is 2.65 bits per heavy atom. The van der Waals surface area contributed by atoms with Crippen LogP contribution in [-0.2, 0) is 16.1 Å². The van der Waals surface area contributed by atoms with Crippen LogP contribution < -0.4 is 27.2 Å². The van der Waals surface area contributed by atoms with Crippen molar-refractivity contribution in [2.75, 3.05) is 36.2 Å². The Bertz CT molecular complexity index is 1130. The van der Waals surface area contributed by atoms with Crippen LogP contribution in [0.4, 0.5) is 17.2 Å². The first-order valence-electron chi connectivity index (χ1n) is 11.7. The van der Waals surface area contributed by atoms with Crippen molar-refractivity contribution in [3.63, 3.8) is 0 Å². The van der Waals surface area contributed by atoms with Crippen molar-refractivity contribution in [2.24, 2.45) is 5.92 Å². The molecule has 1 saturated carbocycles. The molecule has 34 heavy (non-hydrogen) atoms. The summed E-state index contributed by atoms with van der Waals surface area (Å²) in [5.41, 5.74) is 5.48. The van der Waals surface area contributed by atoms with Crippen molar-refractivity contribution in [2.45, 2.75) is 52.0 Å². The van der Waals surface area contributed by atoms with E-state index in [0.717, 1.165) is 32.1 Å². The third-order valence-corrected chi connectivity index (χ3v) is 6.05. The molecule has 0 radical (unpaired) electrons. The number of carbonyl (C=O) groups is 2. The van der Waals surface area contributed by atoms with Crippen molar-refractivity contribution in [1.29, 1.82) is 0 Å². The normalized spacial score (nSPS) is 14.1. The third kappa shape index (κ3) is 5.74. The van der Waals surface area contributed by atoms with Gasteiger partial charge in [-0.3, -0.25) is 28.8 Å². The molecule has 1 aromatic carbocycles. The number of methoxy groups -OCH3 is 1. The van der Waals surface area contributed by atoms with E-state index in [0.29, 0.717) is 18.7 Å². The number of nitrogens with two attached hydrogens (primary N) is 1. The van der Waals surface area contributed by atoms with E-state index >= 15 is 0 Å². The van der Waals surface area contributed by atoms with Gasteiger partial charge >= 0.3 is 5.69 Å². The third-order valence-electron chi connectivity index (χ3n) is 6.05. The molecule has 2 amide bonds. The van der Waals surface area contributed by atoms with Gasteiger partial charge in [-0.1, -0.05) is 32.3 Å². The molecule has 3 rings (SSSR count). The SMILES string of the molecule is CCCn1c(N)c(N(CCOC)C(=O)c2cccc(NC(=O)C3CCCCC3)c2)c(=O)[nH]c1=O. The van der Waals surface area contributed by atoms with Crippen LogP contribution in [0.5, 0.6) is 0 Å². The molecule has 0 saturated heterocycles. The summed E-state index contributed by atoms with van der Waals surface area (Å²) in [5.74, 6) is -0.649. The molecule has 2 aromatic rings. The number of nitrogen functional groups attached to an aromatic ring is 1. The van der Waals surface area contributed by atoms with Gasteiger partial charge in [-0.15, -0.1) is 0 Å². The standard InChI is InChI=1S/C24H33N5O5/c1-3-12-29-20(25)19(22(31)27-24(29)33)28(13-14-34-2)23(32)17-10-7-11-18(15-17)26-21(30)16-8-5-4-6-9-16/h7,10-11,15-16H,3-6,8-9,12-14,25H2,1-2H3,(H,26,30)(H,27,31,33). The first-order chi connectivity index (χ1) is 16.4. The van der Waals surface area contributed by atoms with E-state index < -0.39 is 17.2 Å². The predicted octanol–water partition coefficient (Wildman–Crippen LogP) is 2.34. The summed E-state index contributed by atoms with van der Waals surface area (Å²) >= 11 is 0. The Balaban J connectivity index is 1.93. The number of aromatic nitrogens is 2. The van der Waals surface area contributed by atoms with E-state index in [-0.39, 0.29) is 42.0 Å². The van der Waals surface area contributed by atoms with E-state index in [4.69, 9.17) is 10.5 Å². The summed E-state index contributed by atoms with van der Waals surface area (Å²) in [6.07, 6.45) is 5.58. The van der Waals surface area contributed by atoms with Gasteiger partial charge in [-0.25, -0.2) is 4.79 Å². The minimum atomic E-state index is -0.749. The van der Waals surface area contributed by atoms with Gasteiger partial charge in [-0.05, 0) is 37.5 Å². The first-order valence-corrected chi connectivity index (χ1v) is 11.7. The molecular formula is C24H33N5O5. The van der Waals surface area contributed by atoms with Crippen LogP contribution >= 0.6 is 0 Å². The number of hydrogen-bond acceptors (Lipinski definition) is 6. The molecule has 10 heteroatoms. The molecule has 1 aromatic heterocycles. The molecule has 0 aliphatic heterocycles. The maximum Gasteiger partial charge on any atom is 0.330 e. The van der Waals surface area contributed by atoms with E-state index in [9.17, 15) is 19.2 Å². The maximum atomic E-state index is 13.5. The Morgan fingerprint density at radius 2 is 1.97 bits per heavy atom. The van der Waals surface area contributed by atoms with Crippen molar-refractivity contribution < 1.29 is 14.3 Å². The van der Waals surface area contributed by atoms with Crippen LogP contribution in [0.2, 0.25) is 0 Å². The van der Waals surface area contributed by atoms with Gasteiger partial charge < -0.3 is 15.8 Å². The van der Waals surface area contributed by atoms with Crippen molar-refractivity contribution >= 4 is 29.0 Å². The number of benzene rings is 1. The molecular weight excluding hydrogens is 438 g/mol. The second kappa shape index (κ2) is 11.6. The number of rotatable bonds is 9. The van der Waals surface area contributed by atoms with Crippen LogP contribution in [0, 0.1) is 5.92 Å². The van der Waals surface area contributed by atoms with Gasteiger partial charge in [0.15, 0.2) is 5.69 Å². The van der Waals surface area contributed by atoms with Crippen LogP contribution in [0.1, 0.15) is 55.8 Å². The molecule has 4 N–H and O–H groups in total. The van der Waals surface area contributed by atoms with Crippen LogP contribution in [0.3, 0.4) is 0 Å². The highest BCUT2D eigenvalue weighted by Gasteiger charge is 2.26. The highest BCUT2D eigenvalue weighted by Crippen LogP contribution is 2.26. The Labute approximate surface area is 198 Å². The number of nitrogens with one attached hydrogen (secondary N) is 2. The fourth-order valence-electron chi connectivity index (χ4n) is 4.28. The summed E-state index contributed by atoms with van der Waals surface area (Å²) in [7, 11) is 1.48. The smallest absolute Gasteiger partial charge is 0.330 e. The van der Waals surface area contributed by atoms with E-state index in [1.54, 1.807) is 24.3 Å². The predicted molar refractivity (Wildman–Crippen MR) is 131 cm³/mol. The number of carbonyl (C=O) groups excluding carboxylic acids is 2. The number of nitrogens with zero attached hydrogens (tertiary/aromatic N) is 2. The molecule has 1 fully saturated rings. The van der Waals surface area contributed by atoms with Gasteiger partial charge in [0.05, 0.1) is 6.61 Å². The summed E-state index contributed by atoms with van der Waals surface area (Å²) in [4.78, 5) is 54.5. The zero-order valence-corrected chi connectivity index (χ0v) is 19.8.